The van der Waals surface area contributed by atoms with E-state index >= 15 is 0 Å². The molecule has 1 fully saturated rings. The molecule has 0 bridgehead atoms. The molecule has 0 radical (unpaired) electrons. The first kappa shape index (κ1) is 18.7. The van der Waals surface area contributed by atoms with Crippen molar-refractivity contribution in [3.63, 3.8) is 0 Å². The molecule has 2 aromatic rings. The van der Waals surface area contributed by atoms with Gasteiger partial charge in [-0.1, -0.05) is 49.4 Å². The summed E-state index contributed by atoms with van der Waals surface area (Å²) in [4.78, 5) is 29.4. The minimum absolute atomic E-state index is 0.0431. The van der Waals surface area contributed by atoms with Gasteiger partial charge in [0.15, 0.2) is 0 Å². The van der Waals surface area contributed by atoms with E-state index in [0.717, 1.165) is 12.0 Å². The average molecular weight is 361 g/mol. The van der Waals surface area contributed by atoms with Gasteiger partial charge in [-0.2, -0.15) is 5.26 Å². The van der Waals surface area contributed by atoms with Gasteiger partial charge in [0, 0.05) is 32.1 Å². The van der Waals surface area contributed by atoms with Crippen molar-refractivity contribution in [1.82, 2.24) is 9.80 Å². The van der Waals surface area contributed by atoms with E-state index in [1.807, 2.05) is 42.2 Å². The Hall–Kier alpha value is -3.13. The van der Waals surface area contributed by atoms with Gasteiger partial charge in [0.05, 0.1) is 17.2 Å². The number of benzene rings is 2. The molecule has 1 atom stereocenters. The minimum atomic E-state index is -0.181. The Morgan fingerprint density at radius 2 is 1.85 bits per heavy atom. The van der Waals surface area contributed by atoms with Gasteiger partial charge in [0.2, 0.25) is 5.91 Å². The summed E-state index contributed by atoms with van der Waals surface area (Å²) in [6.45, 7) is 3.44. The number of amides is 2. The normalized spacial score (nSPS) is 17.3. The van der Waals surface area contributed by atoms with Crippen molar-refractivity contribution < 1.29 is 9.59 Å². The fraction of sp³-hybridized carbons (Fsp3) is 0.318. The third kappa shape index (κ3) is 4.17. The molecule has 2 aromatic carbocycles. The molecular formula is C22H23N3O2. The largest absolute Gasteiger partial charge is 0.336 e. The second-order valence-electron chi connectivity index (χ2n) is 6.73. The number of hydrogen-bond donors (Lipinski definition) is 0. The van der Waals surface area contributed by atoms with Crippen LogP contribution in [0.3, 0.4) is 0 Å². The number of carbonyl (C=O) groups is 2. The van der Waals surface area contributed by atoms with Crippen molar-refractivity contribution in [3.8, 4) is 6.07 Å². The molecule has 5 heteroatoms. The maximum Gasteiger partial charge on any atom is 0.255 e. The summed E-state index contributed by atoms with van der Waals surface area (Å²) >= 11 is 0. The van der Waals surface area contributed by atoms with Gasteiger partial charge < -0.3 is 9.80 Å². The van der Waals surface area contributed by atoms with Crippen LogP contribution in [0.25, 0.3) is 0 Å². The van der Waals surface area contributed by atoms with Crippen LogP contribution in [0.5, 0.6) is 0 Å². The van der Waals surface area contributed by atoms with Gasteiger partial charge >= 0.3 is 0 Å². The van der Waals surface area contributed by atoms with Crippen LogP contribution in [0, 0.1) is 11.3 Å². The topological polar surface area (TPSA) is 64.4 Å². The summed E-state index contributed by atoms with van der Waals surface area (Å²) in [5.74, 6) is -0.116. The number of rotatable bonds is 4. The summed E-state index contributed by atoms with van der Waals surface area (Å²) in [6, 6.07) is 18.8. The molecule has 1 aliphatic heterocycles. The first-order chi connectivity index (χ1) is 13.1. The van der Waals surface area contributed by atoms with Crippen molar-refractivity contribution in [2.75, 3.05) is 13.1 Å². The molecule has 0 saturated carbocycles. The summed E-state index contributed by atoms with van der Waals surface area (Å²) in [5.41, 5.74) is 1.85. The highest BCUT2D eigenvalue weighted by atomic mass is 16.2. The monoisotopic (exact) mass is 361 g/mol. The second kappa shape index (κ2) is 8.50. The van der Waals surface area contributed by atoms with Crippen molar-refractivity contribution in [3.05, 3.63) is 71.3 Å². The molecule has 1 aliphatic rings. The zero-order valence-electron chi connectivity index (χ0n) is 15.5. The van der Waals surface area contributed by atoms with Crippen LogP contribution < -0.4 is 0 Å². The predicted molar refractivity (Wildman–Crippen MR) is 103 cm³/mol. The highest BCUT2D eigenvalue weighted by Gasteiger charge is 2.31. The highest BCUT2D eigenvalue weighted by molar-refractivity contribution is 5.97. The Kier molecular flexibility index (Phi) is 5.87. The van der Waals surface area contributed by atoms with Crippen molar-refractivity contribution in [2.45, 2.75) is 32.4 Å². The van der Waals surface area contributed by atoms with Crippen LogP contribution in [-0.4, -0.2) is 40.7 Å². The van der Waals surface area contributed by atoms with Crippen LogP contribution >= 0.6 is 0 Å². The molecule has 0 aliphatic carbocycles. The van der Waals surface area contributed by atoms with Gasteiger partial charge in [-0.3, -0.25) is 9.59 Å². The first-order valence-corrected chi connectivity index (χ1v) is 9.25. The molecule has 2 amide bonds. The quantitative estimate of drug-likeness (QED) is 0.840. The molecule has 1 saturated heterocycles. The fourth-order valence-electron chi connectivity index (χ4n) is 3.49. The van der Waals surface area contributed by atoms with E-state index in [0.29, 0.717) is 37.2 Å². The number of carbonyl (C=O) groups excluding carboxylic acids is 2. The van der Waals surface area contributed by atoms with Crippen molar-refractivity contribution >= 4 is 11.8 Å². The second-order valence-corrected chi connectivity index (χ2v) is 6.73. The van der Waals surface area contributed by atoms with E-state index in [1.54, 1.807) is 29.2 Å². The Bertz CT molecular complexity index is 857. The highest BCUT2D eigenvalue weighted by Crippen LogP contribution is 2.20. The van der Waals surface area contributed by atoms with Crippen LogP contribution in [0.15, 0.2) is 54.6 Å². The fourth-order valence-corrected chi connectivity index (χ4v) is 3.49. The van der Waals surface area contributed by atoms with Gasteiger partial charge in [-0.25, -0.2) is 0 Å². The Morgan fingerprint density at radius 3 is 2.56 bits per heavy atom. The van der Waals surface area contributed by atoms with Crippen LogP contribution in [0.1, 0.15) is 41.3 Å². The third-order valence-electron chi connectivity index (χ3n) is 5.02. The standard InChI is InChI=1S/C22H23N3O2/c1-2-19-16-24(22(27)20-11-7-6-10-18(20)14-23)13-12-21(26)25(19)15-17-8-4-3-5-9-17/h3-11,19H,2,12-13,15-16H2,1H3/t19-/m0/s1. The summed E-state index contributed by atoms with van der Waals surface area (Å²) < 4.78 is 0. The lowest BCUT2D eigenvalue weighted by Gasteiger charge is -2.31. The lowest BCUT2D eigenvalue weighted by atomic mass is 10.1. The molecule has 0 aromatic heterocycles. The van der Waals surface area contributed by atoms with Crippen molar-refractivity contribution in [1.29, 1.82) is 5.26 Å². The predicted octanol–water partition coefficient (Wildman–Crippen LogP) is 3.21. The SMILES string of the molecule is CC[C@H]1CN(C(=O)c2ccccc2C#N)CCC(=O)N1Cc1ccccc1. The molecule has 1 heterocycles. The van der Waals surface area contributed by atoms with E-state index in [9.17, 15) is 14.9 Å². The van der Waals surface area contributed by atoms with Gasteiger partial charge in [0.25, 0.3) is 5.91 Å². The number of nitrogens with zero attached hydrogens (tertiary/aromatic N) is 3. The lowest BCUT2D eigenvalue weighted by molar-refractivity contribution is -0.133. The molecular weight excluding hydrogens is 338 g/mol. The summed E-state index contributed by atoms with van der Waals surface area (Å²) in [5, 5.41) is 9.28. The number of nitriles is 1. The molecule has 5 nitrogen and oxygen atoms in total. The Labute approximate surface area is 159 Å². The van der Waals surface area contributed by atoms with Crippen LogP contribution in [0.4, 0.5) is 0 Å². The maximum atomic E-state index is 13.0. The number of hydrogen-bond acceptors (Lipinski definition) is 3. The van der Waals surface area contributed by atoms with E-state index in [4.69, 9.17) is 0 Å². The molecule has 0 unspecified atom stereocenters. The zero-order valence-corrected chi connectivity index (χ0v) is 15.5. The maximum absolute atomic E-state index is 13.0. The lowest BCUT2D eigenvalue weighted by Crippen LogP contribution is -2.43. The molecule has 138 valence electrons. The van der Waals surface area contributed by atoms with Gasteiger partial charge in [-0.15, -0.1) is 0 Å². The summed E-state index contributed by atoms with van der Waals surface area (Å²) in [6.07, 6.45) is 1.06. The van der Waals surface area contributed by atoms with Gasteiger partial charge in [0.1, 0.15) is 0 Å². The molecule has 27 heavy (non-hydrogen) atoms. The first-order valence-electron chi connectivity index (χ1n) is 9.25. The summed E-state index contributed by atoms with van der Waals surface area (Å²) in [7, 11) is 0. The Balaban J connectivity index is 1.82. The molecule has 0 spiro atoms. The smallest absolute Gasteiger partial charge is 0.255 e. The molecule has 0 N–H and O–H groups in total. The molecule has 3 rings (SSSR count). The zero-order chi connectivity index (χ0) is 19.2. The average Bonchev–Trinajstić information content (AvgIpc) is 2.87. The third-order valence-corrected chi connectivity index (χ3v) is 5.02. The Morgan fingerprint density at radius 1 is 1.15 bits per heavy atom. The van der Waals surface area contributed by atoms with Crippen LogP contribution in [0.2, 0.25) is 0 Å². The van der Waals surface area contributed by atoms with E-state index in [-0.39, 0.29) is 17.9 Å². The van der Waals surface area contributed by atoms with Gasteiger partial charge in [-0.05, 0) is 24.1 Å². The van der Waals surface area contributed by atoms with Crippen LogP contribution in [-0.2, 0) is 11.3 Å². The van der Waals surface area contributed by atoms with E-state index in [2.05, 4.69) is 6.07 Å². The van der Waals surface area contributed by atoms with E-state index < -0.39 is 0 Å². The van der Waals surface area contributed by atoms with E-state index in [1.165, 1.54) is 0 Å². The van der Waals surface area contributed by atoms with Crippen molar-refractivity contribution in [2.24, 2.45) is 0 Å². The minimum Gasteiger partial charge on any atom is -0.336 e.